The molecule has 246 valence electrons. The van der Waals surface area contributed by atoms with Crippen molar-refractivity contribution in [1.82, 2.24) is 19.5 Å². The van der Waals surface area contributed by atoms with E-state index in [1.165, 1.54) is 54.1 Å². The Morgan fingerprint density at radius 3 is 1.60 bits per heavy atom. The molecule has 53 heavy (non-hydrogen) atoms. The highest BCUT2D eigenvalue weighted by Gasteiger charge is 2.20. The van der Waals surface area contributed by atoms with Crippen molar-refractivity contribution in [2.24, 2.45) is 0 Å². The summed E-state index contributed by atoms with van der Waals surface area (Å²) in [6.07, 6.45) is 0. The Morgan fingerprint density at radius 2 is 0.849 bits per heavy atom. The lowest BCUT2D eigenvalue weighted by Crippen LogP contribution is -2.01. The van der Waals surface area contributed by atoms with Crippen LogP contribution in [-0.2, 0) is 0 Å². The third-order valence-corrected chi connectivity index (χ3v) is 10.6. The summed E-state index contributed by atoms with van der Waals surface area (Å²) in [5.74, 6) is 1.95. The number of benzene rings is 9. The van der Waals surface area contributed by atoms with Gasteiger partial charge in [-0.15, -0.1) is 0 Å². The van der Waals surface area contributed by atoms with E-state index >= 15 is 0 Å². The Balaban J connectivity index is 1.17. The average Bonchev–Trinajstić information content (AvgIpc) is 3.58. The molecule has 0 spiro atoms. The molecule has 4 nitrogen and oxygen atoms in total. The summed E-state index contributed by atoms with van der Waals surface area (Å²) < 4.78 is 2.43. The summed E-state index contributed by atoms with van der Waals surface area (Å²) in [7, 11) is 0. The quantitative estimate of drug-likeness (QED) is 0.175. The summed E-state index contributed by atoms with van der Waals surface area (Å²) in [5, 5.41) is 12.3. The number of hydrogen-bond donors (Lipinski definition) is 0. The molecule has 0 atom stereocenters. The molecular weight excluding hydrogens is 645 g/mol. The molecule has 0 fully saturated rings. The second kappa shape index (κ2) is 11.7. The number of rotatable bonds is 4. The lowest BCUT2D eigenvalue weighted by atomic mass is 9.94. The molecule has 2 aromatic heterocycles. The van der Waals surface area contributed by atoms with Crippen LogP contribution in [0.25, 0.3) is 105 Å². The molecule has 0 radical (unpaired) electrons. The lowest BCUT2D eigenvalue weighted by Gasteiger charge is -2.15. The van der Waals surface area contributed by atoms with E-state index in [-0.39, 0.29) is 0 Å². The smallest absolute Gasteiger partial charge is 0.164 e. The molecule has 0 amide bonds. The Hall–Kier alpha value is -7.17. The fraction of sp³-hybridized carbons (Fsp3) is 0. The third kappa shape index (κ3) is 4.59. The van der Waals surface area contributed by atoms with Crippen molar-refractivity contribution in [2.45, 2.75) is 0 Å². The highest BCUT2D eigenvalue weighted by atomic mass is 15.0. The fourth-order valence-electron chi connectivity index (χ4n) is 8.24. The highest BCUT2D eigenvalue weighted by Crippen LogP contribution is 2.42. The summed E-state index contributed by atoms with van der Waals surface area (Å²) in [6.45, 7) is 0. The maximum absolute atomic E-state index is 5.09. The molecular formula is C49H30N4. The predicted octanol–water partition coefficient (Wildman–Crippen LogP) is 12.6. The molecule has 0 aliphatic rings. The molecule has 0 bridgehead atoms. The number of fused-ring (bicyclic) bond motifs is 10. The van der Waals surface area contributed by atoms with E-state index in [0.717, 1.165) is 33.2 Å². The highest BCUT2D eigenvalue weighted by molar-refractivity contribution is 6.29. The van der Waals surface area contributed by atoms with Gasteiger partial charge in [-0.3, -0.25) is 0 Å². The number of aromatic nitrogens is 4. The van der Waals surface area contributed by atoms with Crippen LogP contribution in [0.3, 0.4) is 0 Å². The van der Waals surface area contributed by atoms with Crippen LogP contribution in [0.4, 0.5) is 0 Å². The minimum absolute atomic E-state index is 0.646. The van der Waals surface area contributed by atoms with E-state index < -0.39 is 0 Å². The van der Waals surface area contributed by atoms with E-state index in [2.05, 4.69) is 126 Å². The van der Waals surface area contributed by atoms with Gasteiger partial charge in [0.05, 0.1) is 16.7 Å². The SMILES string of the molecule is c1ccc(-c2nc(-c3ccccc3)nc(-c3ccc(-n4c5ccccc5c5c6ccc7ccc8ccccc8c7c6ccc54)c4ccccc34)n2)cc1. The Morgan fingerprint density at radius 1 is 0.302 bits per heavy atom. The average molecular weight is 675 g/mol. The molecule has 0 aliphatic carbocycles. The van der Waals surface area contributed by atoms with Crippen molar-refractivity contribution in [3.8, 4) is 39.9 Å². The lowest BCUT2D eigenvalue weighted by molar-refractivity contribution is 1.08. The minimum atomic E-state index is 0.646. The van der Waals surface area contributed by atoms with Crippen molar-refractivity contribution < 1.29 is 0 Å². The molecule has 4 heteroatoms. The van der Waals surface area contributed by atoms with Crippen LogP contribution < -0.4 is 0 Å². The predicted molar refractivity (Wildman–Crippen MR) is 220 cm³/mol. The first kappa shape index (κ1) is 29.5. The molecule has 0 saturated carbocycles. The molecule has 11 rings (SSSR count). The second-order valence-electron chi connectivity index (χ2n) is 13.6. The van der Waals surface area contributed by atoms with E-state index in [4.69, 9.17) is 15.0 Å². The third-order valence-electron chi connectivity index (χ3n) is 10.6. The van der Waals surface area contributed by atoms with Crippen LogP contribution in [0.1, 0.15) is 0 Å². The van der Waals surface area contributed by atoms with Gasteiger partial charge in [0, 0.05) is 32.8 Å². The number of nitrogens with zero attached hydrogens (tertiary/aromatic N) is 4. The zero-order chi connectivity index (χ0) is 34.9. The van der Waals surface area contributed by atoms with Crippen molar-refractivity contribution in [2.75, 3.05) is 0 Å². The fourth-order valence-corrected chi connectivity index (χ4v) is 8.24. The summed E-state index contributed by atoms with van der Waals surface area (Å²) in [5.41, 5.74) is 6.32. The zero-order valence-electron chi connectivity index (χ0n) is 28.6. The molecule has 0 N–H and O–H groups in total. The number of hydrogen-bond acceptors (Lipinski definition) is 3. The van der Waals surface area contributed by atoms with Crippen LogP contribution in [0, 0.1) is 0 Å². The van der Waals surface area contributed by atoms with Gasteiger partial charge < -0.3 is 4.57 Å². The molecule has 2 heterocycles. The van der Waals surface area contributed by atoms with Crippen LogP contribution in [0.2, 0.25) is 0 Å². The first-order chi connectivity index (χ1) is 26.3. The van der Waals surface area contributed by atoms with Gasteiger partial charge in [-0.25, -0.2) is 15.0 Å². The van der Waals surface area contributed by atoms with Crippen LogP contribution >= 0.6 is 0 Å². The standard InChI is InChI=1S/C49H30N4/c1-3-14-33(15-4-1)47-50-48(34-16-5-2-6-17-34)52-49(51-47)40-28-29-43(37-20-10-9-19-36(37)40)53-42-22-12-11-21-41(42)46-39-26-25-32-24-23-31-13-7-8-18-35(31)45(32)38(39)27-30-44(46)53/h1-30H. The topological polar surface area (TPSA) is 43.6 Å². The molecule has 0 unspecified atom stereocenters. The van der Waals surface area contributed by atoms with E-state index in [9.17, 15) is 0 Å². The van der Waals surface area contributed by atoms with Crippen molar-refractivity contribution >= 4 is 64.9 Å². The van der Waals surface area contributed by atoms with E-state index in [1.54, 1.807) is 0 Å². The monoisotopic (exact) mass is 674 g/mol. The largest absolute Gasteiger partial charge is 0.309 e. The maximum atomic E-state index is 5.09. The number of para-hydroxylation sites is 1. The molecule has 0 aliphatic heterocycles. The van der Waals surface area contributed by atoms with Gasteiger partial charge in [-0.2, -0.15) is 0 Å². The van der Waals surface area contributed by atoms with E-state index in [0.29, 0.717) is 17.5 Å². The van der Waals surface area contributed by atoms with Gasteiger partial charge in [0.25, 0.3) is 0 Å². The van der Waals surface area contributed by atoms with Gasteiger partial charge in [-0.05, 0) is 62.0 Å². The minimum Gasteiger partial charge on any atom is -0.309 e. The molecule has 0 saturated heterocycles. The van der Waals surface area contributed by atoms with Crippen LogP contribution in [-0.4, -0.2) is 19.5 Å². The summed E-state index contributed by atoms with van der Waals surface area (Å²) in [6, 6.07) is 64.5. The normalized spacial score (nSPS) is 11.8. The Kier molecular flexibility index (Phi) is 6.52. The van der Waals surface area contributed by atoms with Crippen LogP contribution in [0.15, 0.2) is 182 Å². The molecule has 9 aromatic carbocycles. The van der Waals surface area contributed by atoms with Gasteiger partial charge >= 0.3 is 0 Å². The van der Waals surface area contributed by atoms with Crippen LogP contribution in [0.5, 0.6) is 0 Å². The van der Waals surface area contributed by atoms with Gasteiger partial charge in [0.1, 0.15) is 0 Å². The Labute approximate surface area is 305 Å². The van der Waals surface area contributed by atoms with Crippen molar-refractivity contribution in [1.29, 1.82) is 0 Å². The first-order valence-corrected chi connectivity index (χ1v) is 18.0. The molecule has 11 aromatic rings. The van der Waals surface area contributed by atoms with Gasteiger partial charge in [-0.1, -0.05) is 158 Å². The first-order valence-electron chi connectivity index (χ1n) is 18.0. The second-order valence-corrected chi connectivity index (χ2v) is 13.6. The van der Waals surface area contributed by atoms with Crippen molar-refractivity contribution in [3.05, 3.63) is 182 Å². The van der Waals surface area contributed by atoms with Crippen molar-refractivity contribution in [3.63, 3.8) is 0 Å². The van der Waals surface area contributed by atoms with E-state index in [1.807, 2.05) is 60.7 Å². The summed E-state index contributed by atoms with van der Waals surface area (Å²) >= 11 is 0. The van der Waals surface area contributed by atoms with Gasteiger partial charge in [0.15, 0.2) is 17.5 Å². The van der Waals surface area contributed by atoms with Gasteiger partial charge in [0.2, 0.25) is 0 Å². The maximum Gasteiger partial charge on any atom is 0.164 e. The Bertz CT molecular complexity index is 3160. The zero-order valence-corrected chi connectivity index (χ0v) is 28.6. The summed E-state index contributed by atoms with van der Waals surface area (Å²) in [4.78, 5) is 15.1.